The van der Waals surface area contributed by atoms with Gasteiger partial charge in [-0.1, -0.05) is 24.3 Å². The number of hydrazone groups is 1. The summed E-state index contributed by atoms with van der Waals surface area (Å²) in [6.45, 7) is 3.32. The highest BCUT2D eigenvalue weighted by molar-refractivity contribution is 7.11. The molecule has 7 nitrogen and oxygen atoms in total. The predicted octanol–water partition coefficient (Wildman–Crippen LogP) is 2.50. The normalized spacial score (nSPS) is 15.7. The van der Waals surface area contributed by atoms with E-state index >= 15 is 0 Å². The lowest BCUT2D eigenvalue weighted by atomic mass is 10.1. The molecule has 160 valence electrons. The van der Waals surface area contributed by atoms with Crippen LogP contribution in [0.2, 0.25) is 0 Å². The smallest absolute Gasteiger partial charge is 0.257 e. The molecule has 1 atom stereocenters. The lowest BCUT2D eigenvalue weighted by Crippen LogP contribution is -2.50. The van der Waals surface area contributed by atoms with Crippen LogP contribution >= 0.6 is 11.3 Å². The van der Waals surface area contributed by atoms with Crippen LogP contribution in [-0.4, -0.2) is 61.8 Å². The van der Waals surface area contributed by atoms with Crippen LogP contribution in [0, 0.1) is 0 Å². The first-order valence-electron chi connectivity index (χ1n) is 10.3. The summed E-state index contributed by atoms with van der Waals surface area (Å²) in [6.07, 6.45) is 4.02. The monoisotopic (exact) mass is 428 g/mol. The third-order valence-corrected chi connectivity index (χ3v) is 5.73. The number of hydrogen-bond donors (Lipinski definition) is 2. The summed E-state index contributed by atoms with van der Waals surface area (Å²) in [5.74, 6) is -0.168. The average Bonchev–Trinajstić information content (AvgIpc) is 3.30. The molecule has 8 heteroatoms. The molecule has 0 spiro atoms. The number of benzene rings is 1. The molecule has 2 heterocycles. The molecule has 0 bridgehead atoms. The van der Waals surface area contributed by atoms with Crippen molar-refractivity contribution in [2.75, 3.05) is 32.8 Å². The van der Waals surface area contributed by atoms with Gasteiger partial charge in [-0.2, -0.15) is 5.10 Å². The van der Waals surface area contributed by atoms with E-state index < -0.39 is 0 Å². The molecule has 0 aliphatic carbocycles. The van der Waals surface area contributed by atoms with Crippen molar-refractivity contribution in [2.45, 2.75) is 25.3 Å². The van der Waals surface area contributed by atoms with Crippen LogP contribution in [0.25, 0.3) is 0 Å². The second-order valence-corrected chi connectivity index (χ2v) is 8.01. The van der Waals surface area contributed by atoms with E-state index in [0.717, 1.165) is 30.8 Å². The number of ether oxygens (including phenoxy) is 1. The number of amides is 2. The third-order valence-electron chi connectivity index (χ3n) is 4.92. The largest absolute Gasteiger partial charge is 0.379 e. The Morgan fingerprint density at radius 2 is 1.93 bits per heavy atom. The van der Waals surface area contributed by atoms with Gasteiger partial charge in [0, 0.05) is 30.1 Å². The fourth-order valence-corrected chi connectivity index (χ4v) is 3.91. The minimum Gasteiger partial charge on any atom is -0.379 e. The molecular formula is C22H28N4O3S. The molecule has 2 amide bonds. The van der Waals surface area contributed by atoms with Crippen LogP contribution in [0.5, 0.6) is 0 Å². The molecule has 0 radical (unpaired) electrons. The molecule has 1 aromatic heterocycles. The number of hydrogen-bond acceptors (Lipinski definition) is 6. The maximum Gasteiger partial charge on any atom is 0.257 e. The van der Waals surface area contributed by atoms with E-state index in [1.165, 1.54) is 0 Å². The van der Waals surface area contributed by atoms with Crippen molar-refractivity contribution in [1.82, 2.24) is 15.6 Å². The van der Waals surface area contributed by atoms with Gasteiger partial charge in [-0.05, 0) is 42.8 Å². The summed E-state index contributed by atoms with van der Waals surface area (Å²) in [4.78, 5) is 28.0. The quantitative estimate of drug-likeness (QED) is 0.346. The number of thiophene rings is 1. The molecule has 0 saturated carbocycles. The summed E-state index contributed by atoms with van der Waals surface area (Å²) in [5, 5.41) is 9.01. The molecule has 2 aromatic rings. The first-order chi connectivity index (χ1) is 14.7. The predicted molar refractivity (Wildman–Crippen MR) is 119 cm³/mol. The van der Waals surface area contributed by atoms with Crippen LogP contribution in [0.4, 0.5) is 0 Å². The Morgan fingerprint density at radius 3 is 2.67 bits per heavy atom. The number of carbonyl (C=O) groups is 2. The van der Waals surface area contributed by atoms with Crippen molar-refractivity contribution >= 4 is 29.4 Å². The minimum atomic E-state index is -0.251. The zero-order valence-electron chi connectivity index (χ0n) is 17.0. The first kappa shape index (κ1) is 22.1. The van der Waals surface area contributed by atoms with Crippen molar-refractivity contribution in [2.24, 2.45) is 5.10 Å². The van der Waals surface area contributed by atoms with Gasteiger partial charge in [-0.3, -0.25) is 14.5 Å². The Balaban J connectivity index is 1.45. The number of unbranched alkanes of at least 4 members (excludes halogenated alkanes) is 1. The fraction of sp³-hybridized carbons (Fsp3) is 0.409. The standard InChI is InChI=1S/C22H28N4O3S/c27-21(18-7-2-1-3-8-18)23-11-5-4-10-20(26-12-14-29-15-13-26)22(28)25-24-17-19-9-6-16-30-19/h1-3,6-9,16-17,20H,4-5,10-15H2,(H,23,27)(H,25,28)/b24-17+/t20-/m1/s1. The summed E-state index contributed by atoms with van der Waals surface area (Å²) < 4.78 is 5.42. The summed E-state index contributed by atoms with van der Waals surface area (Å²) in [5.41, 5.74) is 3.34. The molecule has 1 saturated heterocycles. The van der Waals surface area contributed by atoms with Crippen molar-refractivity contribution < 1.29 is 14.3 Å². The lowest BCUT2D eigenvalue weighted by Gasteiger charge is -2.33. The molecule has 1 aromatic carbocycles. The Labute approximate surface area is 181 Å². The number of rotatable bonds is 10. The number of carbonyl (C=O) groups excluding carboxylic acids is 2. The summed E-state index contributed by atoms with van der Waals surface area (Å²) in [6, 6.07) is 12.8. The molecule has 1 aliphatic rings. The van der Waals surface area contributed by atoms with Crippen LogP contribution < -0.4 is 10.7 Å². The highest BCUT2D eigenvalue weighted by Crippen LogP contribution is 2.12. The minimum absolute atomic E-state index is 0.0685. The summed E-state index contributed by atoms with van der Waals surface area (Å²) >= 11 is 1.57. The van der Waals surface area contributed by atoms with E-state index in [4.69, 9.17) is 4.74 Å². The van der Waals surface area contributed by atoms with Crippen LogP contribution in [0.1, 0.15) is 34.5 Å². The van der Waals surface area contributed by atoms with Gasteiger partial charge in [-0.25, -0.2) is 5.43 Å². The average molecular weight is 429 g/mol. The highest BCUT2D eigenvalue weighted by Gasteiger charge is 2.26. The first-order valence-corrected chi connectivity index (χ1v) is 11.1. The molecule has 1 fully saturated rings. The Bertz CT molecular complexity index is 805. The van der Waals surface area contributed by atoms with Crippen molar-refractivity contribution in [3.8, 4) is 0 Å². The highest BCUT2D eigenvalue weighted by atomic mass is 32.1. The SMILES string of the molecule is O=C(NCCCC[C@H](C(=O)N/N=C/c1cccs1)N1CCOCC1)c1ccccc1. The second kappa shape index (κ2) is 12.2. The molecular weight excluding hydrogens is 400 g/mol. The van der Waals surface area contributed by atoms with E-state index in [-0.39, 0.29) is 17.9 Å². The van der Waals surface area contributed by atoms with E-state index in [1.807, 2.05) is 35.7 Å². The van der Waals surface area contributed by atoms with E-state index in [0.29, 0.717) is 31.7 Å². The lowest BCUT2D eigenvalue weighted by molar-refractivity contribution is -0.128. The van der Waals surface area contributed by atoms with Crippen molar-refractivity contribution in [1.29, 1.82) is 0 Å². The molecule has 30 heavy (non-hydrogen) atoms. The van der Waals surface area contributed by atoms with Crippen LogP contribution in [-0.2, 0) is 9.53 Å². The van der Waals surface area contributed by atoms with Gasteiger partial charge >= 0.3 is 0 Å². The molecule has 1 aliphatic heterocycles. The van der Waals surface area contributed by atoms with Gasteiger partial charge < -0.3 is 10.1 Å². The zero-order valence-corrected chi connectivity index (χ0v) is 17.8. The maximum absolute atomic E-state index is 12.8. The van der Waals surface area contributed by atoms with Gasteiger partial charge in [0.2, 0.25) is 0 Å². The number of morpholine rings is 1. The molecule has 3 rings (SSSR count). The van der Waals surface area contributed by atoms with Gasteiger partial charge in [0.15, 0.2) is 0 Å². The fourth-order valence-electron chi connectivity index (χ4n) is 3.32. The second-order valence-electron chi connectivity index (χ2n) is 7.03. The molecule has 2 N–H and O–H groups in total. The Hall–Kier alpha value is -2.55. The van der Waals surface area contributed by atoms with E-state index in [9.17, 15) is 9.59 Å². The third kappa shape index (κ3) is 7.05. The van der Waals surface area contributed by atoms with Gasteiger partial charge in [0.05, 0.1) is 25.5 Å². The van der Waals surface area contributed by atoms with Crippen LogP contribution in [0.15, 0.2) is 52.9 Å². The maximum atomic E-state index is 12.8. The van der Waals surface area contributed by atoms with Crippen molar-refractivity contribution in [3.63, 3.8) is 0 Å². The number of nitrogens with zero attached hydrogens (tertiary/aromatic N) is 2. The Kier molecular flexibility index (Phi) is 9.02. The van der Waals surface area contributed by atoms with Gasteiger partial charge in [0.25, 0.3) is 11.8 Å². The number of nitrogens with one attached hydrogen (secondary N) is 2. The summed E-state index contributed by atoms with van der Waals surface area (Å²) in [7, 11) is 0. The van der Waals surface area contributed by atoms with Gasteiger partial charge in [-0.15, -0.1) is 11.3 Å². The van der Waals surface area contributed by atoms with Gasteiger partial charge in [0.1, 0.15) is 0 Å². The van der Waals surface area contributed by atoms with Crippen molar-refractivity contribution in [3.05, 3.63) is 58.3 Å². The topological polar surface area (TPSA) is 83.0 Å². The van der Waals surface area contributed by atoms with Crippen LogP contribution in [0.3, 0.4) is 0 Å². The molecule has 0 unspecified atom stereocenters. The zero-order chi connectivity index (χ0) is 21.0. The Morgan fingerprint density at radius 1 is 1.13 bits per heavy atom. The van der Waals surface area contributed by atoms with E-state index in [2.05, 4.69) is 20.7 Å². The van der Waals surface area contributed by atoms with E-state index in [1.54, 1.807) is 29.7 Å².